The van der Waals surface area contributed by atoms with Gasteiger partial charge in [0, 0.05) is 32.1 Å². The van der Waals surface area contributed by atoms with E-state index >= 15 is 0 Å². The van der Waals surface area contributed by atoms with Gasteiger partial charge in [-0.1, -0.05) is 31.2 Å². The van der Waals surface area contributed by atoms with Crippen molar-refractivity contribution in [1.29, 1.82) is 0 Å². The van der Waals surface area contributed by atoms with E-state index in [-0.39, 0.29) is 28.5 Å². The molecule has 14 heavy (non-hydrogen) atoms. The Morgan fingerprint density at radius 3 is 2.50 bits per heavy atom. The Bertz CT molecular complexity index is 398. The van der Waals surface area contributed by atoms with E-state index in [2.05, 4.69) is 36.2 Å². The summed E-state index contributed by atoms with van der Waals surface area (Å²) >= 11 is 0. The van der Waals surface area contributed by atoms with Gasteiger partial charge in [-0.15, -0.1) is 0 Å². The number of rotatable bonds is 1. The van der Waals surface area contributed by atoms with E-state index in [0.29, 0.717) is 0 Å². The Kier molecular flexibility index (Phi) is 5.64. The second-order valence-electron chi connectivity index (χ2n) is 2.85. The van der Waals surface area contributed by atoms with Gasteiger partial charge in [-0.25, -0.2) is 0 Å². The molecule has 0 aliphatic heterocycles. The fraction of sp³-hybridized carbons (Fsp3) is 0.167. The number of nitrogens with zero attached hydrogens (tertiary/aromatic N) is 1. The summed E-state index contributed by atoms with van der Waals surface area (Å²) in [5, 5.41) is 1.22. The predicted octanol–water partition coefficient (Wildman–Crippen LogP) is 3.24. The number of fused-ring (bicyclic) bond motifs is 1. The SMILES string of the molecule is CCc1ccc2ccccc2n1.[CH3-].[W]. The van der Waals surface area contributed by atoms with E-state index in [4.69, 9.17) is 0 Å². The molecule has 0 saturated heterocycles. The fourth-order valence-electron chi connectivity index (χ4n) is 1.31. The largest absolute Gasteiger partial charge is 0.358 e. The third-order valence-corrected chi connectivity index (χ3v) is 2.02. The Hall–Kier alpha value is -0.682. The monoisotopic (exact) mass is 356 g/mol. The second-order valence-corrected chi connectivity index (χ2v) is 2.85. The van der Waals surface area contributed by atoms with Gasteiger partial charge in [-0.05, 0) is 18.6 Å². The van der Waals surface area contributed by atoms with Gasteiger partial charge in [0.1, 0.15) is 0 Å². The molecule has 0 amide bonds. The van der Waals surface area contributed by atoms with Gasteiger partial charge in [-0.3, -0.25) is 4.98 Å². The summed E-state index contributed by atoms with van der Waals surface area (Å²) < 4.78 is 0. The molecule has 2 heteroatoms. The summed E-state index contributed by atoms with van der Waals surface area (Å²) in [4.78, 5) is 4.49. The molecule has 2 aromatic rings. The van der Waals surface area contributed by atoms with E-state index in [9.17, 15) is 0 Å². The van der Waals surface area contributed by atoms with Crippen LogP contribution in [-0.2, 0) is 27.5 Å². The number of benzene rings is 1. The molecule has 74 valence electrons. The van der Waals surface area contributed by atoms with E-state index in [0.717, 1.165) is 17.6 Å². The number of hydrogen-bond donors (Lipinski definition) is 0. The van der Waals surface area contributed by atoms with Crippen LogP contribution in [0.25, 0.3) is 10.9 Å². The van der Waals surface area contributed by atoms with Gasteiger partial charge in [0.2, 0.25) is 0 Å². The first-order valence-electron chi connectivity index (χ1n) is 4.25. The van der Waals surface area contributed by atoms with Crippen molar-refractivity contribution in [3.63, 3.8) is 0 Å². The molecule has 0 aliphatic carbocycles. The van der Waals surface area contributed by atoms with Crippen molar-refractivity contribution in [2.75, 3.05) is 0 Å². The number of hydrogen-bond acceptors (Lipinski definition) is 1. The average molecular weight is 356 g/mol. The maximum Gasteiger partial charge on any atom is 0.0705 e. The minimum absolute atomic E-state index is 0. The normalized spacial score (nSPS) is 8.93. The van der Waals surface area contributed by atoms with Crippen molar-refractivity contribution in [2.45, 2.75) is 13.3 Å². The van der Waals surface area contributed by atoms with Crippen LogP contribution in [0, 0.1) is 7.43 Å². The van der Waals surface area contributed by atoms with Crippen LogP contribution < -0.4 is 0 Å². The zero-order valence-electron chi connectivity index (χ0n) is 8.53. The van der Waals surface area contributed by atoms with Gasteiger partial charge in [0.15, 0.2) is 0 Å². The van der Waals surface area contributed by atoms with Crippen LogP contribution >= 0.6 is 0 Å². The third-order valence-electron chi connectivity index (χ3n) is 2.02. The average Bonchev–Trinajstić information content (AvgIpc) is 2.17. The Morgan fingerprint density at radius 2 is 1.79 bits per heavy atom. The van der Waals surface area contributed by atoms with Crippen LogP contribution in [-0.4, -0.2) is 4.98 Å². The molecule has 0 bridgehead atoms. The smallest absolute Gasteiger partial charge is 0.0705 e. The third kappa shape index (κ3) is 2.65. The Morgan fingerprint density at radius 1 is 1.07 bits per heavy atom. The molecule has 1 heterocycles. The van der Waals surface area contributed by atoms with E-state index < -0.39 is 0 Å². The molecule has 0 spiro atoms. The Balaban J connectivity index is 0.000000845. The molecule has 1 aromatic carbocycles. The molecule has 0 atom stereocenters. The molecule has 0 fully saturated rings. The molecular weight excluding hydrogens is 342 g/mol. The van der Waals surface area contributed by atoms with Crippen molar-refractivity contribution in [1.82, 2.24) is 4.98 Å². The van der Waals surface area contributed by atoms with Crippen molar-refractivity contribution in [3.05, 3.63) is 49.5 Å². The van der Waals surface area contributed by atoms with E-state index in [1.807, 2.05) is 12.1 Å². The minimum atomic E-state index is 0. The number of aryl methyl sites for hydroxylation is 1. The molecule has 0 aliphatic rings. The van der Waals surface area contributed by atoms with Crippen LogP contribution in [0.15, 0.2) is 36.4 Å². The molecule has 0 unspecified atom stereocenters. The second kappa shape index (κ2) is 5.93. The molecule has 2 rings (SSSR count). The van der Waals surface area contributed by atoms with Gasteiger partial charge >= 0.3 is 0 Å². The minimum Gasteiger partial charge on any atom is -0.358 e. The van der Waals surface area contributed by atoms with Crippen molar-refractivity contribution in [2.24, 2.45) is 0 Å². The maximum atomic E-state index is 4.49. The summed E-state index contributed by atoms with van der Waals surface area (Å²) in [7, 11) is 0. The van der Waals surface area contributed by atoms with E-state index in [1.54, 1.807) is 0 Å². The van der Waals surface area contributed by atoms with Gasteiger partial charge in [-0.2, -0.15) is 0 Å². The first-order chi connectivity index (χ1) is 5.90. The fourth-order valence-corrected chi connectivity index (χ4v) is 1.31. The summed E-state index contributed by atoms with van der Waals surface area (Å²) in [5.41, 5.74) is 2.26. The van der Waals surface area contributed by atoms with Crippen molar-refractivity contribution >= 4 is 10.9 Å². The van der Waals surface area contributed by atoms with Crippen molar-refractivity contribution < 1.29 is 21.1 Å². The number of para-hydroxylation sites is 1. The van der Waals surface area contributed by atoms with E-state index in [1.165, 1.54) is 5.39 Å². The predicted molar refractivity (Wildman–Crippen MR) is 57.5 cm³/mol. The maximum absolute atomic E-state index is 4.49. The number of aromatic nitrogens is 1. The zero-order chi connectivity index (χ0) is 8.39. The van der Waals surface area contributed by atoms with Crippen LogP contribution in [0.3, 0.4) is 0 Å². The summed E-state index contributed by atoms with van der Waals surface area (Å²) in [6, 6.07) is 12.4. The van der Waals surface area contributed by atoms with Crippen molar-refractivity contribution in [3.8, 4) is 0 Å². The summed E-state index contributed by atoms with van der Waals surface area (Å²) in [5.74, 6) is 0. The van der Waals surface area contributed by atoms with Crippen LogP contribution in [0.1, 0.15) is 12.6 Å². The zero-order valence-corrected chi connectivity index (χ0v) is 11.5. The topological polar surface area (TPSA) is 12.9 Å². The molecule has 0 saturated carbocycles. The van der Waals surface area contributed by atoms with Gasteiger partial charge in [0.05, 0.1) is 5.52 Å². The summed E-state index contributed by atoms with van der Waals surface area (Å²) in [6.07, 6.45) is 1.00. The van der Waals surface area contributed by atoms with Gasteiger partial charge < -0.3 is 7.43 Å². The standard InChI is InChI=1S/C11H11N.CH3.W/c1-2-10-8-7-9-5-3-4-6-11(9)12-10;;/h3-8H,2H2,1H3;1H3;/q;-1;. The number of pyridine rings is 1. The molecule has 1 aromatic heterocycles. The molecular formula is C12H14NW-. The first kappa shape index (κ1) is 13.3. The van der Waals surface area contributed by atoms with Crippen LogP contribution in [0.5, 0.6) is 0 Å². The van der Waals surface area contributed by atoms with Crippen LogP contribution in [0.2, 0.25) is 0 Å². The molecule has 1 nitrogen and oxygen atoms in total. The van der Waals surface area contributed by atoms with Crippen LogP contribution in [0.4, 0.5) is 0 Å². The first-order valence-corrected chi connectivity index (χ1v) is 4.25. The van der Waals surface area contributed by atoms with Gasteiger partial charge in [0.25, 0.3) is 0 Å². The quantitative estimate of drug-likeness (QED) is 0.715. The Labute approximate surface area is 99.8 Å². The molecule has 0 radical (unpaired) electrons. The summed E-state index contributed by atoms with van der Waals surface area (Å²) in [6.45, 7) is 2.12. The molecule has 0 N–H and O–H groups in total.